The minimum Gasteiger partial charge on any atom is -0.482 e. The summed E-state index contributed by atoms with van der Waals surface area (Å²) in [4.78, 5) is 28.9. The molecule has 188 valence electrons. The van der Waals surface area contributed by atoms with Gasteiger partial charge in [0.25, 0.3) is 0 Å². The summed E-state index contributed by atoms with van der Waals surface area (Å²) in [6, 6.07) is 27.0. The Balaban J connectivity index is 1.41. The molecule has 2 heterocycles. The van der Waals surface area contributed by atoms with Crippen LogP contribution in [0.4, 0.5) is 0 Å². The van der Waals surface area contributed by atoms with Crippen molar-refractivity contribution in [3.63, 3.8) is 0 Å². The van der Waals surface area contributed by atoms with Crippen molar-refractivity contribution in [1.82, 2.24) is 4.98 Å². The first-order chi connectivity index (χ1) is 18.1. The predicted molar refractivity (Wildman–Crippen MR) is 137 cm³/mol. The molecule has 0 saturated carbocycles. The van der Waals surface area contributed by atoms with Crippen LogP contribution in [-0.2, 0) is 25.5 Å². The zero-order valence-corrected chi connectivity index (χ0v) is 20.5. The maximum absolute atomic E-state index is 12.4. The second-order valence-electron chi connectivity index (χ2n) is 8.78. The number of aromatic nitrogens is 1. The Morgan fingerprint density at radius 3 is 2.43 bits per heavy atom. The maximum Gasteiger partial charge on any atom is 0.344 e. The number of rotatable bonds is 9. The Morgan fingerprint density at radius 1 is 0.973 bits per heavy atom. The van der Waals surface area contributed by atoms with Gasteiger partial charge in [0.15, 0.2) is 18.5 Å². The smallest absolute Gasteiger partial charge is 0.344 e. The van der Waals surface area contributed by atoms with E-state index in [1.165, 1.54) is 0 Å². The van der Waals surface area contributed by atoms with Gasteiger partial charge in [-0.05, 0) is 31.0 Å². The van der Waals surface area contributed by atoms with Gasteiger partial charge in [0.05, 0.1) is 13.0 Å². The van der Waals surface area contributed by atoms with E-state index < -0.39 is 12.1 Å². The minimum atomic E-state index is -0.614. The summed E-state index contributed by atoms with van der Waals surface area (Å²) in [5.41, 5.74) is 3.47. The first kappa shape index (κ1) is 24.3. The third kappa shape index (κ3) is 5.72. The standard InChI is InChI=1S/C30H27NO6/c1-2-34-26(33)19-35-24-15-9-10-20(17-24)16-23-18-25(32)36-29(23)30-31-27(21-11-5-3-6-12-21)28(37-30)22-13-7-4-8-14-22/h3-15,17,23,29H,2,16,18-19H2,1H3. The maximum atomic E-state index is 12.4. The van der Waals surface area contributed by atoms with Gasteiger partial charge < -0.3 is 18.6 Å². The van der Waals surface area contributed by atoms with Gasteiger partial charge in [-0.25, -0.2) is 9.78 Å². The van der Waals surface area contributed by atoms with Gasteiger partial charge in [-0.15, -0.1) is 0 Å². The molecule has 1 aromatic heterocycles. The van der Waals surface area contributed by atoms with E-state index in [-0.39, 0.29) is 24.9 Å². The van der Waals surface area contributed by atoms with E-state index in [4.69, 9.17) is 23.6 Å². The largest absolute Gasteiger partial charge is 0.482 e. The normalized spacial score (nSPS) is 16.8. The number of nitrogens with zero attached hydrogens (tertiary/aromatic N) is 1. The van der Waals surface area contributed by atoms with Crippen molar-refractivity contribution in [1.29, 1.82) is 0 Å². The SMILES string of the molecule is CCOC(=O)COc1cccc(CC2CC(=O)OC2c2nc(-c3ccccc3)c(-c3ccccc3)o2)c1. The highest BCUT2D eigenvalue weighted by molar-refractivity contribution is 5.77. The first-order valence-electron chi connectivity index (χ1n) is 12.3. The van der Waals surface area contributed by atoms with Crippen LogP contribution in [0.25, 0.3) is 22.6 Å². The van der Waals surface area contributed by atoms with Crippen LogP contribution >= 0.6 is 0 Å². The van der Waals surface area contributed by atoms with Crippen molar-refractivity contribution in [3.05, 3.63) is 96.4 Å². The summed E-state index contributed by atoms with van der Waals surface area (Å²) in [7, 11) is 0. The molecule has 7 heteroatoms. The molecule has 1 aliphatic rings. The van der Waals surface area contributed by atoms with E-state index in [0.29, 0.717) is 36.1 Å². The van der Waals surface area contributed by atoms with Crippen molar-refractivity contribution in [3.8, 4) is 28.3 Å². The zero-order valence-electron chi connectivity index (χ0n) is 20.5. The number of carbonyl (C=O) groups is 2. The molecule has 37 heavy (non-hydrogen) atoms. The number of oxazole rings is 1. The molecule has 2 atom stereocenters. The van der Waals surface area contributed by atoms with E-state index in [0.717, 1.165) is 16.7 Å². The molecule has 0 N–H and O–H groups in total. The van der Waals surface area contributed by atoms with Crippen LogP contribution in [0.15, 0.2) is 89.3 Å². The number of carbonyl (C=O) groups excluding carboxylic acids is 2. The van der Waals surface area contributed by atoms with Crippen LogP contribution < -0.4 is 4.74 Å². The summed E-state index contributed by atoms with van der Waals surface area (Å²) < 4.78 is 22.5. The molecule has 0 aliphatic carbocycles. The number of esters is 2. The Kier molecular flexibility index (Phi) is 7.31. The van der Waals surface area contributed by atoms with Crippen LogP contribution in [0.3, 0.4) is 0 Å². The lowest BCUT2D eigenvalue weighted by molar-refractivity contribution is -0.145. The highest BCUT2D eigenvalue weighted by Crippen LogP contribution is 2.41. The summed E-state index contributed by atoms with van der Waals surface area (Å²) in [5, 5.41) is 0. The van der Waals surface area contributed by atoms with Crippen LogP contribution in [0.2, 0.25) is 0 Å². The molecule has 0 bridgehead atoms. The lowest BCUT2D eigenvalue weighted by Crippen LogP contribution is -2.15. The molecule has 1 saturated heterocycles. The van der Waals surface area contributed by atoms with E-state index in [1.54, 1.807) is 13.0 Å². The molecule has 0 spiro atoms. The highest BCUT2D eigenvalue weighted by atomic mass is 16.6. The topological polar surface area (TPSA) is 87.9 Å². The van der Waals surface area contributed by atoms with Gasteiger partial charge in [-0.1, -0.05) is 72.8 Å². The Bertz CT molecular complexity index is 1310. The number of cyclic esters (lactones) is 1. The van der Waals surface area contributed by atoms with E-state index in [9.17, 15) is 9.59 Å². The van der Waals surface area contributed by atoms with Crippen molar-refractivity contribution in [2.24, 2.45) is 5.92 Å². The van der Waals surface area contributed by atoms with Gasteiger partial charge in [-0.3, -0.25) is 4.79 Å². The van der Waals surface area contributed by atoms with Crippen molar-refractivity contribution in [2.75, 3.05) is 13.2 Å². The number of hydrogen-bond donors (Lipinski definition) is 0. The second kappa shape index (κ2) is 11.1. The van der Waals surface area contributed by atoms with Crippen LogP contribution in [-0.4, -0.2) is 30.1 Å². The lowest BCUT2D eigenvalue weighted by atomic mass is 9.93. The summed E-state index contributed by atoms with van der Waals surface area (Å²) in [6.07, 6.45) is 0.190. The molecule has 1 fully saturated rings. The highest BCUT2D eigenvalue weighted by Gasteiger charge is 2.40. The Hall–Kier alpha value is -4.39. The van der Waals surface area contributed by atoms with Crippen molar-refractivity contribution >= 4 is 11.9 Å². The Labute approximate surface area is 215 Å². The minimum absolute atomic E-state index is 0.161. The van der Waals surface area contributed by atoms with Crippen LogP contribution in [0.1, 0.15) is 30.9 Å². The molecule has 0 radical (unpaired) electrons. The third-order valence-corrected chi connectivity index (χ3v) is 6.14. The van der Waals surface area contributed by atoms with Gasteiger partial charge in [0, 0.05) is 17.0 Å². The zero-order chi connectivity index (χ0) is 25.6. The monoisotopic (exact) mass is 497 g/mol. The molecule has 3 aromatic carbocycles. The average Bonchev–Trinajstić information content (AvgIpc) is 3.52. The first-order valence-corrected chi connectivity index (χ1v) is 12.3. The number of ether oxygens (including phenoxy) is 3. The quantitative estimate of drug-likeness (QED) is 0.270. The Morgan fingerprint density at radius 2 is 1.70 bits per heavy atom. The van der Waals surface area contributed by atoms with E-state index in [1.807, 2.05) is 78.9 Å². The fraction of sp³-hybridized carbons (Fsp3) is 0.233. The van der Waals surface area contributed by atoms with Gasteiger partial charge in [0.1, 0.15) is 11.4 Å². The van der Waals surface area contributed by atoms with E-state index >= 15 is 0 Å². The summed E-state index contributed by atoms with van der Waals surface area (Å²) >= 11 is 0. The number of benzene rings is 3. The molecule has 4 aromatic rings. The van der Waals surface area contributed by atoms with Crippen LogP contribution in [0.5, 0.6) is 5.75 Å². The molecular formula is C30H27NO6. The summed E-state index contributed by atoms with van der Waals surface area (Å²) in [5.74, 6) is 0.696. The van der Waals surface area contributed by atoms with Gasteiger partial charge in [0.2, 0.25) is 5.89 Å². The molecule has 7 nitrogen and oxygen atoms in total. The van der Waals surface area contributed by atoms with E-state index in [2.05, 4.69) is 0 Å². The summed E-state index contributed by atoms with van der Waals surface area (Å²) in [6.45, 7) is 1.89. The average molecular weight is 498 g/mol. The fourth-order valence-corrected chi connectivity index (χ4v) is 4.48. The van der Waals surface area contributed by atoms with Gasteiger partial charge in [-0.2, -0.15) is 0 Å². The second-order valence-corrected chi connectivity index (χ2v) is 8.78. The molecule has 2 unspecified atom stereocenters. The molecule has 5 rings (SSSR count). The van der Waals surface area contributed by atoms with Crippen molar-refractivity contribution < 1.29 is 28.2 Å². The number of hydrogen-bond acceptors (Lipinski definition) is 7. The fourth-order valence-electron chi connectivity index (χ4n) is 4.48. The molecule has 1 aliphatic heterocycles. The van der Waals surface area contributed by atoms with Crippen molar-refractivity contribution in [2.45, 2.75) is 25.9 Å². The lowest BCUT2D eigenvalue weighted by Gasteiger charge is -2.15. The predicted octanol–water partition coefficient (Wildman–Crippen LogP) is 5.80. The molecule has 0 amide bonds. The third-order valence-electron chi connectivity index (χ3n) is 6.14. The van der Waals surface area contributed by atoms with Gasteiger partial charge >= 0.3 is 11.9 Å². The van der Waals surface area contributed by atoms with Crippen LogP contribution in [0, 0.1) is 5.92 Å². The molecular weight excluding hydrogens is 470 g/mol.